The minimum absolute atomic E-state index is 0. The van der Waals surface area contributed by atoms with Crippen LogP contribution in [0, 0.1) is 0 Å². The Morgan fingerprint density at radius 2 is 1.24 bits per heavy atom. The second-order valence-corrected chi connectivity index (χ2v) is 11.1. The first-order valence-electron chi connectivity index (χ1n) is 13.4. The van der Waals surface area contributed by atoms with E-state index >= 15 is 0 Å². The largest absolute Gasteiger partial charge is 1.00 e. The Morgan fingerprint density at radius 3 is 1.70 bits per heavy atom. The zero-order valence-corrected chi connectivity index (χ0v) is 25.4. The summed E-state index contributed by atoms with van der Waals surface area (Å²) < 4.78 is 33.2. The quantitative estimate of drug-likeness (QED) is 0.159. The molecule has 8 heteroatoms. The number of hydrogen-bond acceptors (Lipinski definition) is 5. The number of hydrogen-bond donors (Lipinski definition) is 2. The van der Waals surface area contributed by atoms with E-state index in [0.717, 1.165) is 12.0 Å². The number of carbonyl (C=O) groups is 1. The van der Waals surface area contributed by atoms with Crippen LogP contribution in [0.1, 0.15) is 95.1 Å². The van der Waals surface area contributed by atoms with E-state index in [2.05, 4.69) is 24.4 Å². The molecule has 0 saturated carbocycles. The van der Waals surface area contributed by atoms with Gasteiger partial charge in [-0.2, -0.15) is 0 Å². The fraction of sp³-hybridized carbons (Fsp3) is 0.552. The SMILES string of the molecule is CCCCCCCCCCCCCCc1ccc(C[C@H](Nc2ccc(S(=O)(=O)[O-])cc2)C(=O)O)cc1.[Na+]. The first-order chi connectivity index (χ1) is 17.3. The number of carboxylic acids is 1. The van der Waals surface area contributed by atoms with E-state index in [1.54, 1.807) is 0 Å². The third kappa shape index (κ3) is 14.4. The van der Waals surface area contributed by atoms with Crippen molar-refractivity contribution in [2.45, 2.75) is 108 Å². The van der Waals surface area contributed by atoms with Gasteiger partial charge in [0, 0.05) is 12.1 Å². The van der Waals surface area contributed by atoms with Crippen molar-refractivity contribution in [2.24, 2.45) is 0 Å². The fourth-order valence-corrected chi connectivity index (χ4v) is 4.84. The number of anilines is 1. The van der Waals surface area contributed by atoms with Crippen LogP contribution in [0.15, 0.2) is 53.4 Å². The van der Waals surface area contributed by atoms with Crippen molar-refractivity contribution < 1.29 is 52.4 Å². The molecule has 2 aromatic carbocycles. The van der Waals surface area contributed by atoms with Gasteiger partial charge in [-0.1, -0.05) is 102 Å². The zero-order chi connectivity index (χ0) is 26.2. The number of nitrogens with one attached hydrogen (secondary N) is 1. The second-order valence-electron chi connectivity index (χ2n) is 9.67. The van der Waals surface area contributed by atoms with Crippen LogP contribution in [-0.2, 0) is 27.8 Å². The van der Waals surface area contributed by atoms with Crippen molar-refractivity contribution in [1.82, 2.24) is 0 Å². The van der Waals surface area contributed by atoms with Gasteiger partial charge in [0.05, 0.1) is 4.90 Å². The topological polar surface area (TPSA) is 107 Å². The maximum absolute atomic E-state index is 11.7. The number of aryl methyl sites for hydroxylation is 1. The summed E-state index contributed by atoms with van der Waals surface area (Å²) in [6.45, 7) is 2.26. The van der Waals surface area contributed by atoms with Crippen LogP contribution in [0.5, 0.6) is 0 Å². The number of benzene rings is 2. The number of aliphatic carboxylic acids is 1. The van der Waals surface area contributed by atoms with Gasteiger partial charge in [-0.05, 0) is 48.2 Å². The molecule has 2 aromatic rings. The van der Waals surface area contributed by atoms with Gasteiger partial charge in [-0.3, -0.25) is 0 Å². The molecule has 2 N–H and O–H groups in total. The predicted octanol–water partition coefficient (Wildman–Crippen LogP) is 3.95. The van der Waals surface area contributed by atoms with Crippen LogP contribution in [0.3, 0.4) is 0 Å². The Bertz CT molecular complexity index is 994. The minimum Gasteiger partial charge on any atom is -0.744 e. The van der Waals surface area contributed by atoms with Crippen molar-refractivity contribution in [3.05, 3.63) is 59.7 Å². The van der Waals surface area contributed by atoms with Gasteiger partial charge >= 0.3 is 35.5 Å². The van der Waals surface area contributed by atoms with E-state index in [1.807, 2.05) is 12.1 Å². The van der Waals surface area contributed by atoms with Crippen LogP contribution < -0.4 is 34.9 Å². The summed E-state index contributed by atoms with van der Waals surface area (Å²) >= 11 is 0. The smallest absolute Gasteiger partial charge is 0.744 e. The maximum Gasteiger partial charge on any atom is 1.00 e. The zero-order valence-electron chi connectivity index (χ0n) is 22.6. The van der Waals surface area contributed by atoms with E-state index in [-0.39, 0.29) is 40.9 Å². The number of unbranched alkanes of at least 4 members (excludes halogenated alkanes) is 11. The molecule has 0 aliphatic carbocycles. The van der Waals surface area contributed by atoms with Crippen LogP contribution in [-0.4, -0.2) is 30.1 Å². The third-order valence-electron chi connectivity index (χ3n) is 6.56. The summed E-state index contributed by atoms with van der Waals surface area (Å²) in [5, 5.41) is 12.5. The fourth-order valence-electron chi connectivity index (χ4n) is 4.37. The molecule has 0 fully saturated rings. The molecular formula is C29H42NNaO5S. The molecule has 0 bridgehead atoms. The first kappa shape index (κ1) is 33.6. The molecule has 200 valence electrons. The average Bonchev–Trinajstić information content (AvgIpc) is 2.85. The molecule has 1 atom stereocenters. The summed E-state index contributed by atoms with van der Waals surface area (Å²) in [6.07, 6.45) is 17.3. The van der Waals surface area contributed by atoms with E-state index in [1.165, 1.54) is 107 Å². The molecule has 37 heavy (non-hydrogen) atoms. The van der Waals surface area contributed by atoms with Crippen LogP contribution in [0.4, 0.5) is 5.69 Å². The number of carboxylic acid groups (broad SMARTS) is 1. The molecular weight excluding hydrogens is 497 g/mol. The molecule has 6 nitrogen and oxygen atoms in total. The van der Waals surface area contributed by atoms with Gasteiger partial charge in [0.1, 0.15) is 16.2 Å². The minimum atomic E-state index is -4.53. The van der Waals surface area contributed by atoms with Crippen molar-refractivity contribution in [2.75, 3.05) is 5.32 Å². The molecule has 0 saturated heterocycles. The van der Waals surface area contributed by atoms with Gasteiger partial charge in [-0.15, -0.1) is 0 Å². The molecule has 2 rings (SSSR count). The second kappa shape index (κ2) is 18.8. The molecule has 0 spiro atoms. The summed E-state index contributed by atoms with van der Waals surface area (Å²) in [5.41, 5.74) is 2.62. The molecule has 0 aliphatic heterocycles. The van der Waals surface area contributed by atoms with Crippen molar-refractivity contribution >= 4 is 21.8 Å². The maximum atomic E-state index is 11.7. The van der Waals surface area contributed by atoms with Crippen LogP contribution in [0.25, 0.3) is 0 Å². The van der Waals surface area contributed by atoms with Gasteiger partial charge < -0.3 is 15.0 Å². The van der Waals surface area contributed by atoms with Crippen molar-refractivity contribution in [1.29, 1.82) is 0 Å². The summed E-state index contributed by atoms with van der Waals surface area (Å²) in [5.74, 6) is -1.00. The molecule has 0 unspecified atom stereocenters. The van der Waals surface area contributed by atoms with E-state index in [4.69, 9.17) is 0 Å². The third-order valence-corrected chi connectivity index (χ3v) is 7.41. The van der Waals surface area contributed by atoms with Gasteiger partial charge in [0.25, 0.3) is 0 Å². The molecule has 0 aromatic heterocycles. The standard InChI is InChI=1S/C29H43NO5S.Na/c1-2-3-4-5-6-7-8-9-10-11-12-13-14-24-15-17-25(18-16-24)23-28(29(31)32)30-26-19-21-27(22-20-26)36(33,34)35;/h15-22,28,30H,2-14,23H2,1H3,(H,31,32)(H,33,34,35);/q;+1/p-1/t28-;/m0./s1. The normalized spacial score (nSPS) is 12.1. The van der Waals surface area contributed by atoms with Gasteiger partial charge in [0.15, 0.2) is 0 Å². The van der Waals surface area contributed by atoms with E-state index < -0.39 is 22.1 Å². The molecule has 0 amide bonds. The molecule has 0 heterocycles. The predicted molar refractivity (Wildman–Crippen MR) is 144 cm³/mol. The van der Waals surface area contributed by atoms with Crippen molar-refractivity contribution in [3.8, 4) is 0 Å². The Balaban J connectivity index is 0.00000684. The van der Waals surface area contributed by atoms with Gasteiger partial charge in [0.2, 0.25) is 0 Å². The van der Waals surface area contributed by atoms with E-state index in [9.17, 15) is 22.9 Å². The van der Waals surface area contributed by atoms with Gasteiger partial charge in [-0.25, -0.2) is 13.2 Å². The Labute approximate surface area is 245 Å². The average molecular weight is 540 g/mol. The van der Waals surface area contributed by atoms with Crippen LogP contribution >= 0.6 is 0 Å². The molecule has 0 radical (unpaired) electrons. The van der Waals surface area contributed by atoms with Crippen molar-refractivity contribution in [3.63, 3.8) is 0 Å². The molecule has 0 aliphatic rings. The summed E-state index contributed by atoms with van der Waals surface area (Å²) in [7, 11) is -4.53. The Kier molecular flexibility index (Phi) is 17.1. The summed E-state index contributed by atoms with van der Waals surface area (Å²) in [6, 6.07) is 12.4. The summed E-state index contributed by atoms with van der Waals surface area (Å²) in [4.78, 5) is 11.4. The monoisotopic (exact) mass is 539 g/mol. The Hall–Kier alpha value is -1.38. The number of rotatable bonds is 19. The Morgan fingerprint density at radius 1 is 0.784 bits per heavy atom. The van der Waals surface area contributed by atoms with E-state index in [0.29, 0.717) is 5.69 Å². The van der Waals surface area contributed by atoms with Crippen LogP contribution in [0.2, 0.25) is 0 Å². The first-order valence-corrected chi connectivity index (χ1v) is 14.8.